The number of thioether (sulfide) groups is 1. The standard InChI is InChI=1S/C15H15FN2OS/c16-12-7-3-1-5-10(12)9-20-14-11-6-2-4-8-13(11)17-15(19)18-14/h1,3,5,7,11H,2,4,6,8-9H2. The highest BCUT2D eigenvalue weighted by atomic mass is 32.2. The molecule has 5 heteroatoms. The molecule has 0 N–H and O–H groups in total. The number of rotatable bonds is 2. The van der Waals surface area contributed by atoms with E-state index >= 15 is 0 Å². The maximum absolute atomic E-state index is 13.6. The van der Waals surface area contributed by atoms with Crippen LogP contribution in [0.15, 0.2) is 34.3 Å². The second kappa shape index (κ2) is 5.87. The molecule has 1 aliphatic carbocycles. The van der Waals surface area contributed by atoms with Gasteiger partial charge in [-0.3, -0.25) is 0 Å². The summed E-state index contributed by atoms with van der Waals surface area (Å²) < 4.78 is 13.6. The van der Waals surface area contributed by atoms with Crippen molar-refractivity contribution in [3.05, 3.63) is 35.6 Å². The van der Waals surface area contributed by atoms with Crippen LogP contribution in [0, 0.1) is 11.7 Å². The molecule has 0 aromatic heterocycles. The molecule has 1 atom stereocenters. The maximum Gasteiger partial charge on any atom is 0.367 e. The first kappa shape index (κ1) is 13.5. The molecule has 1 aromatic carbocycles. The van der Waals surface area contributed by atoms with Gasteiger partial charge in [0.1, 0.15) is 5.82 Å². The van der Waals surface area contributed by atoms with Gasteiger partial charge in [-0.2, -0.15) is 4.99 Å². The van der Waals surface area contributed by atoms with Gasteiger partial charge in [0.2, 0.25) is 0 Å². The third-order valence-corrected chi connectivity index (χ3v) is 4.78. The van der Waals surface area contributed by atoms with Gasteiger partial charge in [0.25, 0.3) is 0 Å². The molecule has 3 nitrogen and oxygen atoms in total. The van der Waals surface area contributed by atoms with E-state index < -0.39 is 6.03 Å². The largest absolute Gasteiger partial charge is 0.367 e. The third kappa shape index (κ3) is 2.82. The lowest BCUT2D eigenvalue weighted by Crippen LogP contribution is -2.30. The summed E-state index contributed by atoms with van der Waals surface area (Å²) in [5.41, 5.74) is 1.61. The number of aliphatic imine (C=N–C) groups is 2. The Balaban J connectivity index is 1.73. The quantitative estimate of drug-likeness (QED) is 0.818. The number of urea groups is 1. The molecule has 0 spiro atoms. The molecule has 1 unspecified atom stereocenters. The molecule has 3 rings (SSSR count). The average Bonchev–Trinajstić information content (AvgIpc) is 2.46. The zero-order valence-electron chi connectivity index (χ0n) is 11.0. The fraction of sp³-hybridized carbons (Fsp3) is 0.400. The topological polar surface area (TPSA) is 41.8 Å². The number of benzene rings is 1. The molecule has 1 fully saturated rings. The highest BCUT2D eigenvalue weighted by molar-refractivity contribution is 8.13. The lowest BCUT2D eigenvalue weighted by atomic mass is 9.87. The van der Waals surface area contributed by atoms with Gasteiger partial charge in [-0.1, -0.05) is 24.6 Å². The highest BCUT2D eigenvalue weighted by Gasteiger charge is 2.30. The van der Waals surface area contributed by atoms with Crippen molar-refractivity contribution in [1.82, 2.24) is 0 Å². The molecule has 0 bridgehead atoms. The summed E-state index contributed by atoms with van der Waals surface area (Å²) in [4.78, 5) is 19.6. The average molecular weight is 290 g/mol. The van der Waals surface area contributed by atoms with Crippen LogP contribution in [0.1, 0.15) is 31.2 Å². The van der Waals surface area contributed by atoms with E-state index in [2.05, 4.69) is 9.98 Å². The lowest BCUT2D eigenvalue weighted by Gasteiger charge is -2.27. The fourth-order valence-electron chi connectivity index (χ4n) is 2.62. The summed E-state index contributed by atoms with van der Waals surface area (Å²) in [7, 11) is 0. The van der Waals surface area contributed by atoms with Crippen LogP contribution in [0.5, 0.6) is 0 Å². The van der Waals surface area contributed by atoms with Gasteiger partial charge < -0.3 is 0 Å². The molecular formula is C15H15FN2OS. The van der Waals surface area contributed by atoms with E-state index in [1.807, 2.05) is 6.07 Å². The van der Waals surface area contributed by atoms with E-state index in [-0.39, 0.29) is 11.7 Å². The monoisotopic (exact) mass is 290 g/mol. The minimum absolute atomic E-state index is 0.179. The summed E-state index contributed by atoms with van der Waals surface area (Å²) in [5, 5.41) is 0.808. The molecule has 0 radical (unpaired) electrons. The minimum atomic E-state index is -0.408. The van der Waals surface area contributed by atoms with Crippen LogP contribution in [0.2, 0.25) is 0 Å². The van der Waals surface area contributed by atoms with Crippen LogP contribution in [-0.2, 0) is 5.75 Å². The van der Waals surface area contributed by atoms with Crippen LogP contribution in [-0.4, -0.2) is 16.8 Å². The van der Waals surface area contributed by atoms with Crippen LogP contribution < -0.4 is 0 Å². The van der Waals surface area contributed by atoms with Crippen molar-refractivity contribution in [3.63, 3.8) is 0 Å². The van der Waals surface area contributed by atoms with Gasteiger partial charge in [0, 0.05) is 17.4 Å². The molecule has 1 saturated carbocycles. The Morgan fingerprint density at radius 3 is 2.95 bits per heavy atom. The van der Waals surface area contributed by atoms with E-state index in [4.69, 9.17) is 0 Å². The summed E-state index contributed by atoms with van der Waals surface area (Å²) in [6, 6.07) is 6.31. The van der Waals surface area contributed by atoms with Crippen LogP contribution in [0.25, 0.3) is 0 Å². The minimum Gasteiger partial charge on any atom is -0.244 e. The van der Waals surface area contributed by atoms with Crippen molar-refractivity contribution in [2.75, 3.05) is 0 Å². The number of halogens is 1. The lowest BCUT2D eigenvalue weighted by molar-refractivity contribution is 0.256. The Morgan fingerprint density at radius 2 is 2.10 bits per heavy atom. The van der Waals surface area contributed by atoms with Crippen molar-refractivity contribution < 1.29 is 9.18 Å². The van der Waals surface area contributed by atoms with Gasteiger partial charge in [-0.15, -0.1) is 11.8 Å². The Labute approximate surface area is 121 Å². The van der Waals surface area contributed by atoms with E-state index in [0.717, 1.165) is 36.4 Å². The molecular weight excluding hydrogens is 275 g/mol. The van der Waals surface area contributed by atoms with Crippen LogP contribution >= 0.6 is 11.8 Å². The van der Waals surface area contributed by atoms with Crippen molar-refractivity contribution in [2.24, 2.45) is 15.9 Å². The number of amides is 2. The van der Waals surface area contributed by atoms with Gasteiger partial charge in [-0.05, 0) is 30.9 Å². The molecule has 1 heterocycles. The number of hydrogen-bond acceptors (Lipinski definition) is 2. The molecule has 20 heavy (non-hydrogen) atoms. The van der Waals surface area contributed by atoms with Crippen molar-refractivity contribution in [1.29, 1.82) is 0 Å². The first-order valence-corrected chi connectivity index (χ1v) is 7.79. The zero-order valence-corrected chi connectivity index (χ0v) is 11.8. The summed E-state index contributed by atoms with van der Waals surface area (Å²) >= 11 is 1.46. The van der Waals surface area contributed by atoms with Gasteiger partial charge in [-0.25, -0.2) is 14.2 Å². The number of carbonyl (C=O) groups excluding carboxylic acids is 1. The Kier molecular flexibility index (Phi) is 3.96. The summed E-state index contributed by atoms with van der Waals surface area (Å²) in [5.74, 6) is 0.473. The Bertz CT molecular complexity index is 597. The normalized spacial score (nSPS) is 22.1. The SMILES string of the molecule is O=C1N=C2CCCCC2C(SCc2ccccc2F)=N1. The summed E-state index contributed by atoms with van der Waals surface area (Å²) in [6.45, 7) is 0. The highest BCUT2D eigenvalue weighted by Crippen LogP contribution is 2.31. The number of fused-ring (bicyclic) bond motifs is 1. The van der Waals surface area contributed by atoms with E-state index in [0.29, 0.717) is 11.3 Å². The van der Waals surface area contributed by atoms with Crippen molar-refractivity contribution in [3.8, 4) is 0 Å². The first-order chi connectivity index (χ1) is 9.74. The smallest absolute Gasteiger partial charge is 0.244 e. The van der Waals surface area contributed by atoms with E-state index in [9.17, 15) is 9.18 Å². The Morgan fingerprint density at radius 1 is 1.25 bits per heavy atom. The van der Waals surface area contributed by atoms with Crippen molar-refractivity contribution in [2.45, 2.75) is 31.4 Å². The molecule has 1 aromatic rings. The molecule has 2 amide bonds. The number of carbonyl (C=O) groups is 1. The third-order valence-electron chi connectivity index (χ3n) is 3.65. The van der Waals surface area contributed by atoms with E-state index in [1.54, 1.807) is 12.1 Å². The predicted octanol–water partition coefficient (Wildman–Crippen LogP) is 4.22. The van der Waals surface area contributed by atoms with Crippen molar-refractivity contribution >= 4 is 28.5 Å². The molecule has 0 saturated heterocycles. The van der Waals surface area contributed by atoms with Crippen LogP contribution in [0.3, 0.4) is 0 Å². The predicted molar refractivity (Wildman–Crippen MR) is 79.9 cm³/mol. The number of nitrogens with zero attached hydrogens (tertiary/aromatic N) is 2. The fourth-order valence-corrected chi connectivity index (χ4v) is 3.75. The maximum atomic E-state index is 13.6. The second-order valence-electron chi connectivity index (χ2n) is 5.01. The zero-order chi connectivity index (χ0) is 13.9. The Hall–Kier alpha value is -1.49. The molecule has 104 valence electrons. The first-order valence-electron chi connectivity index (χ1n) is 6.80. The van der Waals surface area contributed by atoms with Crippen LogP contribution in [0.4, 0.5) is 9.18 Å². The van der Waals surface area contributed by atoms with Gasteiger partial charge in [0.05, 0.1) is 5.04 Å². The van der Waals surface area contributed by atoms with E-state index in [1.165, 1.54) is 17.8 Å². The molecule has 2 aliphatic rings. The molecule has 1 aliphatic heterocycles. The number of hydrogen-bond donors (Lipinski definition) is 0. The second-order valence-corrected chi connectivity index (χ2v) is 6.01. The van der Waals surface area contributed by atoms with Gasteiger partial charge in [0.15, 0.2) is 0 Å². The summed E-state index contributed by atoms with van der Waals surface area (Å²) in [6.07, 6.45) is 4.11. The van der Waals surface area contributed by atoms with Gasteiger partial charge >= 0.3 is 6.03 Å².